The van der Waals surface area contributed by atoms with Gasteiger partial charge in [0.25, 0.3) is 0 Å². The summed E-state index contributed by atoms with van der Waals surface area (Å²) in [5, 5.41) is 21.6. The van der Waals surface area contributed by atoms with E-state index in [1.807, 2.05) is 6.07 Å². The van der Waals surface area contributed by atoms with Crippen molar-refractivity contribution in [1.29, 1.82) is 5.26 Å². The van der Waals surface area contributed by atoms with Crippen LogP contribution in [0.5, 0.6) is 5.75 Å². The summed E-state index contributed by atoms with van der Waals surface area (Å²) in [5.41, 5.74) is 1.27. The van der Waals surface area contributed by atoms with Gasteiger partial charge in [0, 0.05) is 5.69 Å². The van der Waals surface area contributed by atoms with E-state index in [9.17, 15) is 14.7 Å². The minimum atomic E-state index is -1.01. The Morgan fingerprint density at radius 3 is 2.68 bits per heavy atom. The van der Waals surface area contributed by atoms with Crippen molar-refractivity contribution in [3.63, 3.8) is 0 Å². The maximum Gasteiger partial charge on any atom is 0.335 e. The number of aromatic carboxylic acids is 1. The van der Waals surface area contributed by atoms with Crippen molar-refractivity contribution in [2.45, 2.75) is 37.2 Å². The van der Waals surface area contributed by atoms with E-state index in [2.05, 4.69) is 5.32 Å². The molecule has 1 amide bonds. The average molecular weight is 397 g/mol. The first-order chi connectivity index (χ1) is 13.4. The molecule has 1 fully saturated rings. The number of carboxylic acid groups (broad SMARTS) is 1. The minimum absolute atomic E-state index is 0.0817. The summed E-state index contributed by atoms with van der Waals surface area (Å²) in [5.74, 6) is -0.515. The predicted octanol–water partition coefficient (Wildman–Crippen LogP) is 4.12. The van der Waals surface area contributed by atoms with Crippen LogP contribution >= 0.6 is 11.6 Å². The predicted molar refractivity (Wildman–Crippen MR) is 103 cm³/mol. The van der Waals surface area contributed by atoms with E-state index in [0.29, 0.717) is 47.7 Å². The zero-order valence-electron chi connectivity index (χ0n) is 14.9. The number of nitrogens with zero attached hydrogens (tertiary/aromatic N) is 1. The fraction of sp³-hybridized carbons (Fsp3) is 0.286. The van der Waals surface area contributed by atoms with Crippen molar-refractivity contribution in [3.05, 3.63) is 58.1 Å². The Kier molecular flexibility index (Phi) is 4.48. The number of nitrogens with one attached hydrogen (secondary N) is 1. The summed E-state index contributed by atoms with van der Waals surface area (Å²) in [6.07, 6.45) is 2.35. The van der Waals surface area contributed by atoms with Gasteiger partial charge in [0.1, 0.15) is 11.8 Å². The molecule has 1 spiro atoms. The maximum atomic E-state index is 12.7. The van der Waals surface area contributed by atoms with Crippen LogP contribution in [0.4, 0.5) is 5.69 Å². The fourth-order valence-corrected chi connectivity index (χ4v) is 4.26. The standard InChI is InChI=1S/C21H17ClN2O4/c22-17-3-2-15(9-13(17)11-23)28-14-5-7-21(8-6-14)16-10-12(19(25)26)1-4-18(16)24-20(21)27/h1-4,9-10,14H,5-8H2,(H,24,27)(H,25,26). The van der Waals surface area contributed by atoms with E-state index in [0.717, 1.165) is 5.56 Å². The Balaban J connectivity index is 1.53. The number of carbonyl (C=O) groups excluding carboxylic acids is 1. The monoisotopic (exact) mass is 396 g/mol. The van der Waals surface area contributed by atoms with Crippen LogP contribution in [-0.4, -0.2) is 23.1 Å². The number of amides is 1. The van der Waals surface area contributed by atoms with Crippen LogP contribution in [-0.2, 0) is 10.2 Å². The van der Waals surface area contributed by atoms with Crippen molar-refractivity contribution >= 4 is 29.2 Å². The van der Waals surface area contributed by atoms with Crippen LogP contribution in [0.15, 0.2) is 36.4 Å². The van der Waals surface area contributed by atoms with Crippen LogP contribution in [0.1, 0.15) is 47.2 Å². The Bertz CT molecular complexity index is 1020. The minimum Gasteiger partial charge on any atom is -0.490 e. The molecule has 1 aliphatic carbocycles. The van der Waals surface area contributed by atoms with Crippen molar-refractivity contribution in [3.8, 4) is 11.8 Å². The quantitative estimate of drug-likeness (QED) is 0.812. The Labute approximate surface area is 166 Å². The second kappa shape index (κ2) is 6.84. The van der Waals surface area contributed by atoms with Crippen molar-refractivity contribution < 1.29 is 19.4 Å². The third kappa shape index (κ3) is 2.98. The highest BCUT2D eigenvalue weighted by Gasteiger charge is 2.49. The molecule has 2 aromatic rings. The van der Waals surface area contributed by atoms with Crippen molar-refractivity contribution in [2.75, 3.05) is 5.32 Å². The molecular weight excluding hydrogens is 380 g/mol. The highest BCUT2D eigenvalue weighted by atomic mass is 35.5. The summed E-state index contributed by atoms with van der Waals surface area (Å²) in [6.45, 7) is 0. The van der Waals surface area contributed by atoms with Gasteiger partial charge in [-0.25, -0.2) is 4.79 Å². The van der Waals surface area contributed by atoms with Gasteiger partial charge in [0.15, 0.2) is 0 Å². The molecule has 1 heterocycles. The number of halogens is 1. The van der Waals surface area contributed by atoms with Gasteiger partial charge < -0.3 is 15.2 Å². The molecule has 2 aromatic carbocycles. The number of hydrogen-bond donors (Lipinski definition) is 2. The normalized spacial score (nSPS) is 23.0. The Hall–Kier alpha value is -3.04. The summed E-state index contributed by atoms with van der Waals surface area (Å²) in [6, 6.07) is 11.8. The number of ether oxygens (including phenoxy) is 1. The lowest BCUT2D eigenvalue weighted by molar-refractivity contribution is -0.122. The lowest BCUT2D eigenvalue weighted by Crippen LogP contribution is -2.41. The van der Waals surface area contributed by atoms with E-state index in [-0.39, 0.29) is 17.6 Å². The second-order valence-corrected chi connectivity index (χ2v) is 7.58. The summed E-state index contributed by atoms with van der Waals surface area (Å²) in [4.78, 5) is 24.1. The number of carboxylic acids is 1. The molecule has 142 valence electrons. The van der Waals surface area contributed by atoms with Crippen LogP contribution in [0.25, 0.3) is 0 Å². The van der Waals surface area contributed by atoms with Gasteiger partial charge >= 0.3 is 5.97 Å². The first-order valence-electron chi connectivity index (χ1n) is 8.98. The lowest BCUT2D eigenvalue weighted by Gasteiger charge is -2.35. The van der Waals surface area contributed by atoms with E-state index in [1.54, 1.807) is 30.3 Å². The third-order valence-electron chi connectivity index (χ3n) is 5.61. The number of benzene rings is 2. The van der Waals surface area contributed by atoms with Crippen LogP contribution < -0.4 is 10.1 Å². The first kappa shape index (κ1) is 18.3. The van der Waals surface area contributed by atoms with Gasteiger partial charge in [0.2, 0.25) is 5.91 Å². The molecule has 1 aliphatic heterocycles. The molecular formula is C21H17ClN2O4. The molecule has 4 rings (SSSR count). The lowest BCUT2D eigenvalue weighted by atomic mass is 9.69. The fourth-order valence-electron chi connectivity index (χ4n) is 4.10. The zero-order valence-corrected chi connectivity index (χ0v) is 15.6. The molecule has 0 radical (unpaired) electrons. The van der Waals surface area contributed by atoms with E-state index >= 15 is 0 Å². The first-order valence-corrected chi connectivity index (χ1v) is 9.36. The van der Waals surface area contributed by atoms with E-state index < -0.39 is 11.4 Å². The number of rotatable bonds is 3. The van der Waals surface area contributed by atoms with E-state index in [4.69, 9.17) is 21.6 Å². The molecule has 2 aliphatic rings. The maximum absolute atomic E-state index is 12.7. The average Bonchev–Trinajstić information content (AvgIpc) is 2.96. The molecule has 1 saturated carbocycles. The smallest absolute Gasteiger partial charge is 0.335 e. The number of carbonyl (C=O) groups is 2. The van der Waals surface area contributed by atoms with Crippen LogP contribution in [0.3, 0.4) is 0 Å². The number of hydrogen-bond acceptors (Lipinski definition) is 4. The number of anilines is 1. The molecule has 0 saturated heterocycles. The van der Waals surface area contributed by atoms with Gasteiger partial charge in [-0.2, -0.15) is 5.26 Å². The highest BCUT2D eigenvalue weighted by molar-refractivity contribution is 6.31. The van der Waals surface area contributed by atoms with Gasteiger partial charge in [0.05, 0.1) is 27.7 Å². The summed E-state index contributed by atoms with van der Waals surface area (Å²) in [7, 11) is 0. The Morgan fingerprint density at radius 2 is 2.00 bits per heavy atom. The van der Waals surface area contributed by atoms with Crippen molar-refractivity contribution in [1.82, 2.24) is 0 Å². The Morgan fingerprint density at radius 1 is 1.25 bits per heavy atom. The summed E-state index contributed by atoms with van der Waals surface area (Å²) >= 11 is 5.96. The van der Waals surface area contributed by atoms with Gasteiger partial charge in [-0.1, -0.05) is 11.6 Å². The molecule has 0 unspecified atom stereocenters. The summed E-state index contributed by atoms with van der Waals surface area (Å²) < 4.78 is 6.01. The molecule has 0 atom stereocenters. The third-order valence-corrected chi connectivity index (χ3v) is 5.94. The highest BCUT2D eigenvalue weighted by Crippen LogP contribution is 2.48. The van der Waals surface area contributed by atoms with Gasteiger partial charge in [-0.15, -0.1) is 0 Å². The van der Waals surface area contributed by atoms with E-state index in [1.165, 1.54) is 6.07 Å². The zero-order chi connectivity index (χ0) is 19.9. The van der Waals surface area contributed by atoms with Gasteiger partial charge in [-0.3, -0.25) is 4.79 Å². The van der Waals surface area contributed by atoms with Crippen LogP contribution in [0.2, 0.25) is 5.02 Å². The molecule has 2 N–H and O–H groups in total. The SMILES string of the molecule is N#Cc1cc(OC2CCC3(CC2)C(=O)Nc2ccc(C(=O)O)cc23)ccc1Cl. The molecule has 0 aromatic heterocycles. The van der Waals surface area contributed by atoms with Gasteiger partial charge in [-0.05, 0) is 67.6 Å². The molecule has 6 nitrogen and oxygen atoms in total. The topological polar surface area (TPSA) is 99.4 Å². The number of fused-ring (bicyclic) bond motifs is 2. The largest absolute Gasteiger partial charge is 0.490 e. The second-order valence-electron chi connectivity index (χ2n) is 7.17. The molecule has 7 heteroatoms. The molecule has 28 heavy (non-hydrogen) atoms. The van der Waals surface area contributed by atoms with Crippen LogP contribution in [0, 0.1) is 11.3 Å². The number of nitriles is 1. The molecule has 0 bridgehead atoms. The van der Waals surface area contributed by atoms with Crippen molar-refractivity contribution in [2.24, 2.45) is 0 Å².